The van der Waals surface area contributed by atoms with Gasteiger partial charge in [0.25, 0.3) is 0 Å². The number of aromatic nitrogens is 1. The van der Waals surface area contributed by atoms with Gasteiger partial charge in [-0.3, -0.25) is 15.4 Å². The fourth-order valence-corrected chi connectivity index (χ4v) is 2.05. The maximum absolute atomic E-state index is 11.4. The average Bonchev–Trinajstić information content (AvgIpc) is 2.66. The molecule has 0 bridgehead atoms. The first-order valence-electron chi connectivity index (χ1n) is 5.15. The summed E-state index contributed by atoms with van der Waals surface area (Å²) in [5.74, 6) is 0.0919. The number of hydrogen-bond donors (Lipinski definition) is 2. The van der Waals surface area contributed by atoms with E-state index in [1.165, 1.54) is 11.3 Å². The van der Waals surface area contributed by atoms with Crippen molar-refractivity contribution < 1.29 is 9.59 Å². The molecule has 2 N–H and O–H groups in total. The highest BCUT2D eigenvalue weighted by Gasteiger charge is 2.10. The summed E-state index contributed by atoms with van der Waals surface area (Å²) in [6.45, 7) is 4.03. The molecular formula is C10H14ClN3O2S. The highest BCUT2D eigenvalue weighted by Crippen LogP contribution is 2.21. The van der Waals surface area contributed by atoms with E-state index in [4.69, 9.17) is 11.6 Å². The molecule has 5 nitrogen and oxygen atoms in total. The Morgan fingerprint density at radius 1 is 1.53 bits per heavy atom. The molecular weight excluding hydrogens is 262 g/mol. The van der Waals surface area contributed by atoms with Gasteiger partial charge >= 0.3 is 6.03 Å². The van der Waals surface area contributed by atoms with Gasteiger partial charge in [-0.15, -0.1) is 22.9 Å². The second-order valence-electron chi connectivity index (χ2n) is 3.67. The van der Waals surface area contributed by atoms with E-state index in [2.05, 4.69) is 15.6 Å². The molecule has 0 spiro atoms. The zero-order valence-electron chi connectivity index (χ0n) is 9.62. The molecule has 0 fully saturated rings. The Labute approximate surface area is 109 Å². The molecule has 1 aromatic heterocycles. The minimum absolute atomic E-state index is 0.115. The summed E-state index contributed by atoms with van der Waals surface area (Å²) in [6.07, 6.45) is 0.115. The lowest BCUT2D eigenvalue weighted by Gasteiger charge is -2.02. The fourth-order valence-electron chi connectivity index (χ4n) is 1.01. The molecule has 3 amide bonds. The first kappa shape index (κ1) is 13.9. The summed E-state index contributed by atoms with van der Waals surface area (Å²) in [6, 6.07) is -0.579. The van der Waals surface area contributed by atoms with Crippen molar-refractivity contribution in [2.45, 2.75) is 26.2 Å². The predicted octanol–water partition coefficient (Wildman–Crippen LogP) is 2.54. The number of carbonyl (C=O) groups excluding carboxylic acids is 2. The molecule has 0 saturated heterocycles. The molecule has 7 heteroatoms. The molecule has 1 heterocycles. The van der Waals surface area contributed by atoms with Gasteiger partial charge in [0.2, 0.25) is 5.91 Å². The number of urea groups is 1. The van der Waals surface area contributed by atoms with Crippen LogP contribution in [0.5, 0.6) is 0 Å². The Bertz CT molecular complexity index is 406. The quantitative estimate of drug-likeness (QED) is 0.830. The van der Waals surface area contributed by atoms with E-state index in [0.29, 0.717) is 11.0 Å². The van der Waals surface area contributed by atoms with E-state index in [1.807, 2.05) is 19.2 Å². The summed E-state index contributed by atoms with van der Waals surface area (Å²) >= 11 is 6.70. The van der Waals surface area contributed by atoms with Crippen LogP contribution < -0.4 is 10.6 Å². The fraction of sp³-hybridized carbons (Fsp3) is 0.500. The smallest absolute Gasteiger partial charge is 0.283 e. The van der Waals surface area contributed by atoms with Crippen molar-refractivity contribution in [3.63, 3.8) is 0 Å². The standard InChI is InChI=1S/C10H14ClN3O2S/c1-6(2)7-5-17-10(12-7)14-9(16)13-8(15)3-4-11/h5-6H,3-4H2,1-2H3,(H2,12,13,14,15,16). The molecule has 0 aromatic carbocycles. The zero-order valence-corrected chi connectivity index (χ0v) is 11.2. The Morgan fingerprint density at radius 2 is 2.24 bits per heavy atom. The van der Waals surface area contributed by atoms with Gasteiger partial charge in [-0.05, 0) is 5.92 Å². The highest BCUT2D eigenvalue weighted by molar-refractivity contribution is 7.13. The van der Waals surface area contributed by atoms with E-state index in [1.54, 1.807) is 0 Å². The van der Waals surface area contributed by atoms with Crippen LogP contribution in [0.2, 0.25) is 0 Å². The van der Waals surface area contributed by atoms with Crippen LogP contribution >= 0.6 is 22.9 Å². The topological polar surface area (TPSA) is 71.1 Å². The van der Waals surface area contributed by atoms with E-state index in [9.17, 15) is 9.59 Å². The first-order valence-corrected chi connectivity index (χ1v) is 6.56. The molecule has 94 valence electrons. The zero-order chi connectivity index (χ0) is 12.8. The van der Waals surface area contributed by atoms with Crippen molar-refractivity contribution in [2.24, 2.45) is 0 Å². The number of amides is 3. The Hall–Kier alpha value is -1.14. The molecule has 17 heavy (non-hydrogen) atoms. The van der Waals surface area contributed by atoms with Gasteiger partial charge in [-0.1, -0.05) is 13.8 Å². The second kappa shape index (κ2) is 6.56. The number of thiazole rings is 1. The number of hydrogen-bond acceptors (Lipinski definition) is 4. The summed E-state index contributed by atoms with van der Waals surface area (Å²) in [7, 11) is 0. The number of anilines is 1. The Balaban J connectivity index is 2.47. The molecule has 0 aliphatic heterocycles. The number of nitrogens with one attached hydrogen (secondary N) is 2. The van der Waals surface area contributed by atoms with Crippen LogP contribution in [-0.2, 0) is 4.79 Å². The number of imide groups is 1. The van der Waals surface area contributed by atoms with Gasteiger partial charge in [0.15, 0.2) is 5.13 Å². The van der Waals surface area contributed by atoms with Crippen LogP contribution in [0.1, 0.15) is 31.9 Å². The minimum Gasteiger partial charge on any atom is -0.283 e. The van der Waals surface area contributed by atoms with Crippen molar-refractivity contribution in [1.29, 1.82) is 0 Å². The van der Waals surface area contributed by atoms with E-state index in [-0.39, 0.29) is 12.3 Å². The number of nitrogens with zero attached hydrogens (tertiary/aromatic N) is 1. The lowest BCUT2D eigenvalue weighted by atomic mass is 10.2. The lowest BCUT2D eigenvalue weighted by Crippen LogP contribution is -2.34. The molecule has 0 aliphatic carbocycles. The van der Waals surface area contributed by atoms with Gasteiger partial charge in [0.1, 0.15) is 0 Å². The third kappa shape index (κ3) is 4.70. The van der Waals surface area contributed by atoms with E-state index in [0.717, 1.165) is 5.69 Å². The molecule has 0 atom stereocenters. The van der Waals surface area contributed by atoms with Crippen molar-refractivity contribution in [1.82, 2.24) is 10.3 Å². The van der Waals surface area contributed by atoms with Gasteiger partial charge in [0, 0.05) is 17.7 Å². The average molecular weight is 276 g/mol. The third-order valence-corrected chi connectivity index (χ3v) is 2.87. The number of rotatable bonds is 4. The first-order chi connectivity index (χ1) is 8.02. The van der Waals surface area contributed by atoms with E-state index < -0.39 is 11.9 Å². The second-order valence-corrected chi connectivity index (χ2v) is 4.91. The summed E-state index contributed by atoms with van der Waals surface area (Å²) in [5, 5.41) is 7.01. The molecule has 1 aromatic rings. The maximum atomic E-state index is 11.4. The Kier molecular flexibility index (Phi) is 5.37. The van der Waals surface area contributed by atoms with Crippen molar-refractivity contribution >= 4 is 40.0 Å². The third-order valence-electron chi connectivity index (χ3n) is 1.91. The SMILES string of the molecule is CC(C)c1csc(NC(=O)NC(=O)CCCl)n1. The largest absolute Gasteiger partial charge is 0.327 e. The van der Waals surface area contributed by atoms with Crippen LogP contribution in [-0.4, -0.2) is 22.8 Å². The molecule has 1 rings (SSSR count). The van der Waals surface area contributed by atoms with Crippen LogP contribution in [0, 0.1) is 0 Å². The lowest BCUT2D eigenvalue weighted by molar-refractivity contribution is -0.119. The maximum Gasteiger partial charge on any atom is 0.327 e. The van der Waals surface area contributed by atoms with Gasteiger partial charge in [-0.2, -0.15) is 0 Å². The Morgan fingerprint density at radius 3 is 2.76 bits per heavy atom. The van der Waals surface area contributed by atoms with Gasteiger partial charge in [-0.25, -0.2) is 9.78 Å². The van der Waals surface area contributed by atoms with Crippen molar-refractivity contribution in [2.75, 3.05) is 11.2 Å². The summed E-state index contributed by atoms with van der Waals surface area (Å²) < 4.78 is 0. The highest BCUT2D eigenvalue weighted by atomic mass is 35.5. The molecule has 0 aliphatic rings. The number of alkyl halides is 1. The van der Waals surface area contributed by atoms with Crippen LogP contribution in [0.15, 0.2) is 5.38 Å². The normalized spacial score (nSPS) is 10.4. The van der Waals surface area contributed by atoms with Crippen LogP contribution in [0.3, 0.4) is 0 Å². The van der Waals surface area contributed by atoms with Gasteiger partial charge < -0.3 is 0 Å². The summed E-state index contributed by atoms with van der Waals surface area (Å²) in [4.78, 5) is 26.7. The van der Waals surface area contributed by atoms with Crippen LogP contribution in [0.4, 0.5) is 9.93 Å². The predicted molar refractivity (Wildman–Crippen MR) is 68.7 cm³/mol. The summed E-state index contributed by atoms with van der Waals surface area (Å²) in [5.41, 5.74) is 0.914. The van der Waals surface area contributed by atoms with Crippen molar-refractivity contribution in [3.8, 4) is 0 Å². The van der Waals surface area contributed by atoms with Gasteiger partial charge in [0.05, 0.1) is 5.69 Å². The molecule has 0 radical (unpaired) electrons. The monoisotopic (exact) mass is 275 g/mol. The van der Waals surface area contributed by atoms with E-state index >= 15 is 0 Å². The number of carbonyl (C=O) groups is 2. The van der Waals surface area contributed by atoms with Crippen LogP contribution in [0.25, 0.3) is 0 Å². The van der Waals surface area contributed by atoms with Crippen molar-refractivity contribution in [3.05, 3.63) is 11.1 Å². The molecule has 0 saturated carbocycles. The minimum atomic E-state index is -0.579. The number of halogens is 1. The molecule has 0 unspecified atom stereocenters.